The largest absolute Gasteiger partial charge is 0.378 e. The number of carbonyl (C=O) groups excluding carboxylic acids is 3. The molecule has 0 aromatic heterocycles. The highest BCUT2D eigenvalue weighted by molar-refractivity contribution is 6.19. The first-order valence-corrected chi connectivity index (χ1v) is 7.85. The third kappa shape index (κ3) is 2.35. The Morgan fingerprint density at radius 3 is 2.57 bits per heavy atom. The number of rotatable bonds is 1. The number of urea groups is 1. The Labute approximate surface area is 124 Å². The Balaban J connectivity index is 1.87. The van der Waals surface area contributed by atoms with Crippen molar-refractivity contribution in [2.45, 2.75) is 64.0 Å². The lowest BCUT2D eigenvalue weighted by molar-refractivity contribution is -0.157. The number of barbiturate groups is 1. The molecular weight excluding hydrogens is 272 g/mol. The van der Waals surface area contributed by atoms with Gasteiger partial charge in [-0.25, -0.2) is 4.79 Å². The Bertz CT molecular complexity index is 470. The smallest absolute Gasteiger partial charge is 0.331 e. The molecule has 3 fully saturated rings. The predicted molar refractivity (Wildman–Crippen MR) is 74.3 cm³/mol. The minimum atomic E-state index is -1.01. The van der Waals surface area contributed by atoms with Gasteiger partial charge in [0, 0.05) is 12.6 Å². The summed E-state index contributed by atoms with van der Waals surface area (Å²) in [4.78, 5) is 38.7. The Hall–Kier alpha value is -1.43. The van der Waals surface area contributed by atoms with Crippen molar-refractivity contribution in [3.8, 4) is 0 Å². The Morgan fingerprint density at radius 1 is 1.19 bits per heavy atom. The average molecular weight is 294 g/mol. The molecule has 2 unspecified atom stereocenters. The van der Waals surface area contributed by atoms with Gasteiger partial charge in [0.15, 0.2) is 0 Å². The van der Waals surface area contributed by atoms with Gasteiger partial charge in [-0.1, -0.05) is 19.3 Å². The number of ether oxygens (including phenoxy) is 1. The second-order valence-corrected chi connectivity index (χ2v) is 6.44. The zero-order chi connectivity index (χ0) is 15.0. The van der Waals surface area contributed by atoms with Gasteiger partial charge in [-0.3, -0.25) is 19.8 Å². The molecule has 116 valence electrons. The topological polar surface area (TPSA) is 75.7 Å². The average Bonchev–Trinajstić information content (AvgIpc) is 2.47. The van der Waals surface area contributed by atoms with Gasteiger partial charge < -0.3 is 4.74 Å². The van der Waals surface area contributed by atoms with E-state index in [0.717, 1.165) is 19.3 Å². The standard InChI is InChI=1S/C15H22N2O4/c1-10-9-11(5-8-21-10)17-13(19)15(6-3-2-4-7-15)12(18)16-14(17)20/h10-11H,2-9H2,1H3,(H,16,18,20). The fourth-order valence-corrected chi connectivity index (χ4v) is 3.83. The fourth-order valence-electron chi connectivity index (χ4n) is 3.83. The van der Waals surface area contributed by atoms with E-state index in [0.29, 0.717) is 32.3 Å². The SMILES string of the molecule is CC1CC(N2C(=O)NC(=O)C3(CCCCC3)C2=O)CCO1. The third-order valence-corrected chi connectivity index (χ3v) is 5.03. The highest BCUT2D eigenvalue weighted by Gasteiger charge is 2.55. The quantitative estimate of drug-likeness (QED) is 0.745. The van der Waals surface area contributed by atoms with E-state index in [2.05, 4.69) is 5.32 Å². The molecule has 4 amide bonds. The van der Waals surface area contributed by atoms with Crippen LogP contribution in [0.15, 0.2) is 0 Å². The number of carbonyl (C=O) groups is 3. The first-order valence-electron chi connectivity index (χ1n) is 7.85. The van der Waals surface area contributed by atoms with Crippen LogP contribution in [0, 0.1) is 5.41 Å². The van der Waals surface area contributed by atoms with Crippen LogP contribution in [0.4, 0.5) is 4.79 Å². The fraction of sp³-hybridized carbons (Fsp3) is 0.800. The molecule has 6 heteroatoms. The number of nitrogens with one attached hydrogen (secondary N) is 1. The predicted octanol–water partition coefficient (Wildman–Crippen LogP) is 1.58. The first kappa shape index (κ1) is 14.5. The van der Waals surface area contributed by atoms with Gasteiger partial charge in [-0.05, 0) is 32.6 Å². The van der Waals surface area contributed by atoms with E-state index in [9.17, 15) is 14.4 Å². The number of imide groups is 2. The van der Waals surface area contributed by atoms with Crippen LogP contribution < -0.4 is 5.32 Å². The molecular formula is C15H22N2O4. The summed E-state index contributed by atoms with van der Waals surface area (Å²) < 4.78 is 5.49. The lowest BCUT2D eigenvalue weighted by atomic mass is 9.71. The van der Waals surface area contributed by atoms with E-state index in [1.807, 2.05) is 6.92 Å². The van der Waals surface area contributed by atoms with Crippen LogP contribution >= 0.6 is 0 Å². The summed E-state index contributed by atoms with van der Waals surface area (Å²) in [5, 5.41) is 2.42. The van der Waals surface area contributed by atoms with Crippen molar-refractivity contribution in [2.24, 2.45) is 5.41 Å². The molecule has 0 radical (unpaired) electrons. The highest BCUT2D eigenvalue weighted by Crippen LogP contribution is 2.41. The summed E-state index contributed by atoms with van der Waals surface area (Å²) in [6, 6.07) is -0.714. The summed E-state index contributed by atoms with van der Waals surface area (Å²) in [6.07, 6.45) is 5.21. The monoisotopic (exact) mass is 294 g/mol. The second-order valence-electron chi connectivity index (χ2n) is 6.44. The van der Waals surface area contributed by atoms with Crippen LogP contribution in [0.3, 0.4) is 0 Å². The van der Waals surface area contributed by atoms with Crippen molar-refractivity contribution in [2.75, 3.05) is 6.61 Å². The molecule has 0 aromatic carbocycles. The number of hydrogen-bond acceptors (Lipinski definition) is 4. The van der Waals surface area contributed by atoms with E-state index >= 15 is 0 Å². The maximum absolute atomic E-state index is 12.9. The van der Waals surface area contributed by atoms with Crippen LogP contribution in [0.5, 0.6) is 0 Å². The van der Waals surface area contributed by atoms with E-state index in [4.69, 9.17) is 4.74 Å². The van der Waals surface area contributed by atoms with Crippen molar-refractivity contribution in [1.29, 1.82) is 0 Å². The van der Waals surface area contributed by atoms with Gasteiger partial charge in [-0.15, -0.1) is 0 Å². The van der Waals surface area contributed by atoms with Crippen molar-refractivity contribution < 1.29 is 19.1 Å². The zero-order valence-corrected chi connectivity index (χ0v) is 12.4. The van der Waals surface area contributed by atoms with E-state index in [-0.39, 0.29) is 18.1 Å². The molecule has 2 atom stereocenters. The highest BCUT2D eigenvalue weighted by atomic mass is 16.5. The van der Waals surface area contributed by atoms with Crippen LogP contribution in [-0.2, 0) is 14.3 Å². The molecule has 6 nitrogen and oxygen atoms in total. The molecule has 0 aromatic rings. The zero-order valence-electron chi connectivity index (χ0n) is 12.4. The van der Waals surface area contributed by atoms with Crippen molar-refractivity contribution in [1.82, 2.24) is 10.2 Å². The summed E-state index contributed by atoms with van der Waals surface area (Å²) in [7, 11) is 0. The number of hydrogen-bond donors (Lipinski definition) is 1. The van der Waals surface area contributed by atoms with Crippen LogP contribution in [0.25, 0.3) is 0 Å². The van der Waals surface area contributed by atoms with Crippen LogP contribution in [0.2, 0.25) is 0 Å². The summed E-state index contributed by atoms with van der Waals surface area (Å²) in [5.41, 5.74) is -1.01. The molecule has 3 rings (SSSR count). The maximum atomic E-state index is 12.9. The third-order valence-electron chi connectivity index (χ3n) is 5.03. The lowest BCUT2D eigenvalue weighted by Crippen LogP contribution is -2.67. The van der Waals surface area contributed by atoms with Gasteiger partial charge in [0.1, 0.15) is 5.41 Å². The first-order chi connectivity index (χ1) is 10.0. The molecule has 1 saturated carbocycles. The van der Waals surface area contributed by atoms with Gasteiger partial charge in [-0.2, -0.15) is 0 Å². The molecule has 1 aliphatic carbocycles. The molecule has 2 saturated heterocycles. The second kappa shape index (κ2) is 5.40. The molecule has 2 aliphatic heterocycles. The van der Waals surface area contributed by atoms with Crippen molar-refractivity contribution in [3.63, 3.8) is 0 Å². The van der Waals surface area contributed by atoms with E-state index < -0.39 is 17.4 Å². The minimum absolute atomic E-state index is 0.0317. The Morgan fingerprint density at radius 2 is 1.90 bits per heavy atom. The van der Waals surface area contributed by atoms with Crippen LogP contribution in [0.1, 0.15) is 51.9 Å². The van der Waals surface area contributed by atoms with Crippen LogP contribution in [-0.4, -0.2) is 41.5 Å². The van der Waals surface area contributed by atoms with Gasteiger partial charge in [0.05, 0.1) is 6.10 Å². The summed E-state index contributed by atoms with van der Waals surface area (Å²) in [6.45, 7) is 2.49. The van der Waals surface area contributed by atoms with Gasteiger partial charge >= 0.3 is 6.03 Å². The van der Waals surface area contributed by atoms with Crippen molar-refractivity contribution in [3.05, 3.63) is 0 Å². The van der Waals surface area contributed by atoms with E-state index in [1.165, 1.54) is 4.90 Å². The number of amides is 4. The molecule has 21 heavy (non-hydrogen) atoms. The van der Waals surface area contributed by atoms with Gasteiger partial charge in [0.2, 0.25) is 11.8 Å². The Kier molecular flexibility index (Phi) is 3.73. The van der Waals surface area contributed by atoms with E-state index in [1.54, 1.807) is 0 Å². The van der Waals surface area contributed by atoms with Gasteiger partial charge in [0.25, 0.3) is 0 Å². The maximum Gasteiger partial charge on any atom is 0.331 e. The number of nitrogens with zero attached hydrogens (tertiary/aromatic N) is 1. The minimum Gasteiger partial charge on any atom is -0.378 e. The normalized spacial score (nSPS) is 33.2. The van der Waals surface area contributed by atoms with Crippen molar-refractivity contribution >= 4 is 17.8 Å². The molecule has 3 aliphatic rings. The summed E-state index contributed by atoms with van der Waals surface area (Å²) in [5.74, 6) is -0.677. The molecule has 0 bridgehead atoms. The molecule has 2 heterocycles. The molecule has 1 N–H and O–H groups in total. The summed E-state index contributed by atoms with van der Waals surface area (Å²) >= 11 is 0. The molecule has 1 spiro atoms. The lowest BCUT2D eigenvalue weighted by Gasteiger charge is -2.45.